The molecule has 1 amide bonds. The second kappa shape index (κ2) is 8.65. The number of hydrogen-bond acceptors (Lipinski definition) is 7. The molecule has 2 aliphatic heterocycles. The summed E-state index contributed by atoms with van der Waals surface area (Å²) >= 11 is 0. The molecule has 1 saturated carbocycles. The maximum atomic E-state index is 12.0. The van der Waals surface area contributed by atoms with Crippen molar-refractivity contribution < 1.29 is 9.53 Å². The Bertz CT molecular complexity index is 949. The van der Waals surface area contributed by atoms with Crippen LogP contribution in [-0.2, 0) is 4.74 Å². The first kappa shape index (κ1) is 21.1. The zero-order valence-corrected chi connectivity index (χ0v) is 19.0. The molecule has 0 N–H and O–H groups in total. The first-order valence-electron chi connectivity index (χ1n) is 11.7. The molecule has 170 valence electrons. The number of anilines is 1. The molecule has 1 unspecified atom stereocenters. The number of carbonyl (C=O) groups excluding carboxylic acids is 1. The first-order chi connectivity index (χ1) is 15.6. The minimum Gasteiger partial charge on any atom is -0.450 e. The number of piperazine rings is 1. The van der Waals surface area contributed by atoms with Crippen molar-refractivity contribution in [2.75, 3.05) is 44.2 Å². The monoisotopic (exact) mass is 436 g/mol. The number of likely N-dealkylation sites (tertiary alicyclic amines) is 1. The molecule has 8 heteroatoms. The Morgan fingerprint density at radius 1 is 1.22 bits per heavy atom. The van der Waals surface area contributed by atoms with Crippen LogP contribution in [-0.4, -0.2) is 82.3 Å². The molecule has 0 aromatic carbocycles. The molecule has 2 aromatic rings. The molecule has 0 bridgehead atoms. The van der Waals surface area contributed by atoms with Gasteiger partial charge in [-0.3, -0.25) is 14.9 Å². The molecular formula is C24H32N6O2. The Morgan fingerprint density at radius 2 is 2.09 bits per heavy atom. The van der Waals surface area contributed by atoms with E-state index < -0.39 is 0 Å². The molecule has 1 aliphatic carbocycles. The lowest BCUT2D eigenvalue weighted by molar-refractivity contribution is -0.00332. The van der Waals surface area contributed by atoms with E-state index in [-0.39, 0.29) is 6.09 Å². The van der Waals surface area contributed by atoms with E-state index >= 15 is 0 Å². The zero-order chi connectivity index (χ0) is 22.1. The lowest BCUT2D eigenvalue weighted by Crippen LogP contribution is -2.59. The number of nitrogens with zero attached hydrogens (tertiary/aromatic N) is 6. The van der Waals surface area contributed by atoms with Gasteiger partial charge < -0.3 is 14.5 Å². The van der Waals surface area contributed by atoms with Crippen LogP contribution < -0.4 is 4.90 Å². The summed E-state index contributed by atoms with van der Waals surface area (Å²) in [5.74, 6) is 0.993. The van der Waals surface area contributed by atoms with E-state index in [0.717, 1.165) is 49.8 Å². The van der Waals surface area contributed by atoms with Gasteiger partial charge in [-0.25, -0.2) is 9.78 Å². The van der Waals surface area contributed by atoms with Crippen molar-refractivity contribution >= 4 is 11.9 Å². The minimum atomic E-state index is -0.155. The van der Waals surface area contributed by atoms with Gasteiger partial charge in [-0.2, -0.15) is 0 Å². The van der Waals surface area contributed by atoms with E-state index in [1.54, 1.807) is 18.6 Å². The fourth-order valence-corrected chi connectivity index (χ4v) is 5.78. The third kappa shape index (κ3) is 3.92. The topological polar surface area (TPSA) is 74.7 Å². The van der Waals surface area contributed by atoms with Crippen LogP contribution >= 0.6 is 0 Å². The van der Waals surface area contributed by atoms with E-state index in [4.69, 9.17) is 9.72 Å². The fraction of sp³-hybridized carbons (Fsp3) is 0.583. The molecule has 0 radical (unpaired) electrons. The van der Waals surface area contributed by atoms with Gasteiger partial charge in [-0.15, -0.1) is 0 Å². The number of amides is 1. The lowest BCUT2D eigenvalue weighted by atomic mass is 9.78. The highest BCUT2D eigenvalue weighted by atomic mass is 16.6. The van der Waals surface area contributed by atoms with E-state index in [1.165, 1.54) is 19.3 Å². The van der Waals surface area contributed by atoms with Crippen LogP contribution in [0.5, 0.6) is 0 Å². The Balaban J connectivity index is 1.22. The van der Waals surface area contributed by atoms with Crippen molar-refractivity contribution in [3.8, 4) is 11.3 Å². The van der Waals surface area contributed by atoms with Crippen LogP contribution in [0.15, 0.2) is 36.9 Å². The zero-order valence-electron chi connectivity index (χ0n) is 19.0. The van der Waals surface area contributed by atoms with E-state index in [2.05, 4.69) is 32.8 Å². The number of aromatic nitrogens is 3. The quantitative estimate of drug-likeness (QED) is 0.729. The van der Waals surface area contributed by atoms with Crippen LogP contribution in [0.25, 0.3) is 11.3 Å². The summed E-state index contributed by atoms with van der Waals surface area (Å²) in [5, 5.41) is 0. The molecule has 4 heterocycles. The second-order valence-corrected chi connectivity index (χ2v) is 9.45. The maximum Gasteiger partial charge on any atom is 0.409 e. The average molecular weight is 437 g/mol. The summed E-state index contributed by atoms with van der Waals surface area (Å²) in [7, 11) is 0. The van der Waals surface area contributed by atoms with Gasteiger partial charge in [0.1, 0.15) is 5.82 Å². The van der Waals surface area contributed by atoms with Crippen molar-refractivity contribution in [2.24, 2.45) is 5.41 Å². The molecule has 1 spiro atoms. The number of hydrogen-bond donors (Lipinski definition) is 0. The Morgan fingerprint density at radius 3 is 2.84 bits per heavy atom. The van der Waals surface area contributed by atoms with Gasteiger partial charge in [-0.05, 0) is 45.2 Å². The highest BCUT2D eigenvalue weighted by Crippen LogP contribution is 2.47. The second-order valence-electron chi connectivity index (χ2n) is 9.45. The van der Waals surface area contributed by atoms with Crippen LogP contribution in [0, 0.1) is 5.41 Å². The number of carbonyl (C=O) groups is 1. The van der Waals surface area contributed by atoms with E-state index in [1.807, 2.05) is 24.1 Å². The van der Waals surface area contributed by atoms with Gasteiger partial charge in [0.2, 0.25) is 0 Å². The van der Waals surface area contributed by atoms with Crippen LogP contribution in [0.3, 0.4) is 0 Å². The summed E-state index contributed by atoms with van der Waals surface area (Å²) < 4.78 is 5.16. The van der Waals surface area contributed by atoms with Gasteiger partial charge in [0, 0.05) is 74.4 Å². The van der Waals surface area contributed by atoms with Crippen molar-refractivity contribution in [3.63, 3.8) is 0 Å². The lowest BCUT2D eigenvalue weighted by Gasteiger charge is -2.48. The Kier molecular flexibility index (Phi) is 5.71. The Labute approximate surface area is 189 Å². The smallest absolute Gasteiger partial charge is 0.409 e. The van der Waals surface area contributed by atoms with Crippen molar-refractivity contribution in [3.05, 3.63) is 36.9 Å². The number of pyridine rings is 1. The van der Waals surface area contributed by atoms with Gasteiger partial charge in [-0.1, -0.05) is 0 Å². The highest BCUT2D eigenvalue weighted by Gasteiger charge is 2.51. The summed E-state index contributed by atoms with van der Waals surface area (Å²) in [6, 6.07) is 5.01. The van der Waals surface area contributed by atoms with Crippen LogP contribution in [0.1, 0.15) is 33.1 Å². The Hall–Kier alpha value is -2.74. The molecule has 2 saturated heterocycles. The van der Waals surface area contributed by atoms with Crippen LogP contribution in [0.4, 0.5) is 10.6 Å². The molecular weight excluding hydrogens is 404 g/mol. The molecule has 2 atom stereocenters. The van der Waals surface area contributed by atoms with Gasteiger partial charge in [0.05, 0.1) is 18.5 Å². The predicted molar refractivity (Wildman–Crippen MR) is 122 cm³/mol. The van der Waals surface area contributed by atoms with Crippen molar-refractivity contribution in [2.45, 2.75) is 45.2 Å². The average Bonchev–Trinajstić information content (AvgIpc) is 3.25. The SMILES string of the molecule is CCOC(=O)N1CC2(CCC(N3CCN(c4ncccc4-c4cnccn4)[C@@H](C)C3)C2)C1. The minimum absolute atomic E-state index is 0.155. The predicted octanol–water partition coefficient (Wildman–Crippen LogP) is 3.06. The normalized spacial score (nSPS) is 25.1. The van der Waals surface area contributed by atoms with E-state index in [9.17, 15) is 4.79 Å². The summed E-state index contributed by atoms with van der Waals surface area (Å²) in [4.78, 5) is 32.4. The molecule has 8 nitrogen and oxygen atoms in total. The number of ether oxygens (including phenoxy) is 1. The fourth-order valence-electron chi connectivity index (χ4n) is 5.78. The van der Waals surface area contributed by atoms with E-state index in [0.29, 0.717) is 24.1 Å². The molecule has 2 aromatic heterocycles. The van der Waals surface area contributed by atoms with Gasteiger partial charge in [0.25, 0.3) is 0 Å². The van der Waals surface area contributed by atoms with Gasteiger partial charge in [0.15, 0.2) is 0 Å². The number of rotatable bonds is 4. The molecule has 3 fully saturated rings. The summed E-state index contributed by atoms with van der Waals surface area (Å²) in [5.41, 5.74) is 2.20. The summed E-state index contributed by atoms with van der Waals surface area (Å²) in [6.07, 6.45) is 10.5. The first-order valence-corrected chi connectivity index (χ1v) is 11.7. The standard InChI is InChI=1S/C24H32N6O2/c1-3-32-23(31)29-16-24(17-29)7-6-19(13-24)28-11-12-30(18(2)15-28)22-20(5-4-8-27-22)21-14-25-9-10-26-21/h4-5,8-10,14,18-19H,3,6-7,11-13,15-17H2,1-2H3/t18-,19?/m0/s1. The molecule has 5 rings (SSSR count). The largest absolute Gasteiger partial charge is 0.450 e. The summed E-state index contributed by atoms with van der Waals surface area (Å²) in [6.45, 7) is 9.31. The molecule has 32 heavy (non-hydrogen) atoms. The van der Waals surface area contributed by atoms with Crippen molar-refractivity contribution in [1.29, 1.82) is 0 Å². The van der Waals surface area contributed by atoms with Gasteiger partial charge >= 0.3 is 6.09 Å². The van der Waals surface area contributed by atoms with Crippen LogP contribution in [0.2, 0.25) is 0 Å². The third-order valence-electron chi connectivity index (χ3n) is 7.33. The van der Waals surface area contributed by atoms with Crippen molar-refractivity contribution in [1.82, 2.24) is 24.8 Å². The highest BCUT2D eigenvalue weighted by molar-refractivity contribution is 5.73. The third-order valence-corrected chi connectivity index (χ3v) is 7.33. The maximum absolute atomic E-state index is 12.0. The molecule has 3 aliphatic rings.